The molecule has 23 heteroatoms. The predicted molar refractivity (Wildman–Crippen MR) is 502 cm³/mol. The minimum absolute atomic E-state index is 0.0648. The quantitative estimate of drug-likeness (QED) is 0.0204. The van der Waals surface area contributed by atoms with Gasteiger partial charge in [-0.15, -0.1) is 0 Å². The molecule has 0 saturated carbocycles. The van der Waals surface area contributed by atoms with Gasteiger partial charge in [0.05, 0.1) is 50.2 Å². The van der Waals surface area contributed by atoms with Crippen molar-refractivity contribution >= 4 is 77.6 Å². The van der Waals surface area contributed by atoms with Gasteiger partial charge in [0.15, 0.2) is 0 Å². The summed E-state index contributed by atoms with van der Waals surface area (Å²) in [4.78, 5) is 84.2. The summed E-state index contributed by atoms with van der Waals surface area (Å²) in [5, 5.41) is 55.3. The van der Waals surface area contributed by atoms with Crippen LogP contribution >= 0.6 is 47.8 Å². The van der Waals surface area contributed by atoms with Crippen molar-refractivity contribution in [2.75, 3.05) is 47.3 Å². The monoisotopic (exact) mass is 1870 g/mol. The van der Waals surface area contributed by atoms with E-state index in [0.717, 1.165) is 77.6 Å². The Labute approximate surface area is 748 Å². The summed E-state index contributed by atoms with van der Waals surface area (Å²) in [6.45, 7) is 28.6. The second-order valence-electron chi connectivity index (χ2n) is 30.1. The molecule has 7 atom stereocenters. The Balaban J connectivity index is 0.000000473. The van der Waals surface area contributed by atoms with Gasteiger partial charge in [0, 0.05) is 81.0 Å². The van der Waals surface area contributed by atoms with Crippen molar-refractivity contribution in [3.05, 3.63) is 323 Å². The van der Waals surface area contributed by atoms with Gasteiger partial charge in [-0.05, 0) is 274 Å². The van der Waals surface area contributed by atoms with E-state index >= 15 is 0 Å². The number of aliphatic carboxylic acids is 1. The molecule has 1 aliphatic rings. The molecule has 20 nitrogen and oxygen atoms in total. The zero-order valence-corrected chi connectivity index (χ0v) is 78.5. The van der Waals surface area contributed by atoms with Crippen LogP contribution in [0.4, 0.5) is 0 Å². The van der Waals surface area contributed by atoms with Crippen LogP contribution in [0.3, 0.4) is 0 Å². The average Bonchev–Trinajstić information content (AvgIpc) is 0.853. The Bertz CT molecular complexity index is 4490. The highest BCUT2D eigenvalue weighted by atomic mass is 79.9. The first-order chi connectivity index (χ1) is 58.1. The van der Waals surface area contributed by atoms with Gasteiger partial charge >= 0.3 is 23.9 Å². The average molecular weight is 1870 g/mol. The Morgan fingerprint density at radius 3 is 0.984 bits per heavy atom. The zero-order valence-electron chi connectivity index (χ0n) is 73.7. The predicted octanol–water partition coefficient (Wildman–Crippen LogP) is 21.7. The van der Waals surface area contributed by atoms with Crippen LogP contribution in [-0.4, -0.2) is 118 Å². The molecule has 0 saturated heterocycles. The number of carboxylic acids is 2. The highest BCUT2D eigenvalue weighted by molar-refractivity contribution is 9.11. The third-order valence-corrected chi connectivity index (χ3v) is 21.8. The number of carbonyl (C=O) groups is 5. The topological polar surface area (TPSA) is 338 Å². The number of benzene rings is 7. The molecule has 1 aliphatic heterocycles. The standard InChI is InChI=1S/C19H24N2O3.C13H18O2.C12H16O3.C11H15Br.C11H14O3.C10H11BrO2.C10H13BrO.C8H12N2O.C5H8O/c1-12(8-9-22)15-4-6-16(7-5-15)18(23)20-11-17-13(2)10-14(3)21-19(17)24;1-4-5-10(2)11-6-8-12(9-7-11)13(14)15-3;1-9(7-8-13)10-3-5-11(6-4-10)12(14)15-2;1-3-4-9(2)10-5-7-11(12)8-6-10;1-8(6-7-12)9-2-4-10(5-3-9)11(13)14;1-7(6-10(12)13)8-2-4-9(11)5-3-8;1-8(6-7-12)9-2-4-10(11)5-3-9;1-5-3-6(2)10-8(11)7(5)4-9;1-2-4-6-5-3-1/h4-7,10,12,22H,8-9,11H2,1-3H3,(H,20,23)(H,21,24);6-10H,4-5H2,1-3H3;3-6,9,13H,7-8H2,1-2H3;5-9H,3-4H2,1-2H3;2-5,8,12H,6-7H2,1H3,(H,13,14);2-5,7H,6H2,1H3,(H,12,13);2-5,8,12H,6-7H2,1H3;3H,4,9H2,1-2H3,(H,10,11);2,4H,1,3,5H2. The molecule has 11 N–H and O–H groups in total. The molecule has 0 bridgehead atoms. The Kier molecular flexibility index (Phi) is 55.0. The molecule has 0 fully saturated rings. The molecular weight excluding hydrogens is 1740 g/mol. The number of aliphatic hydroxyl groups excluding tert-OH is 4. The lowest BCUT2D eigenvalue weighted by molar-refractivity contribution is -0.137. The first kappa shape index (κ1) is 109. The number of aliphatic hydroxyl groups is 4. The number of methoxy groups -OCH3 is 2. The van der Waals surface area contributed by atoms with E-state index in [0.29, 0.717) is 76.4 Å². The first-order valence-electron chi connectivity index (χ1n) is 41.5. The molecule has 0 radical (unpaired) electrons. The van der Waals surface area contributed by atoms with Crippen LogP contribution in [-0.2, 0) is 32.1 Å². The van der Waals surface area contributed by atoms with Crippen LogP contribution in [0, 0.1) is 27.7 Å². The van der Waals surface area contributed by atoms with Gasteiger partial charge in [-0.3, -0.25) is 19.2 Å². The largest absolute Gasteiger partial charge is 0.502 e. The van der Waals surface area contributed by atoms with Gasteiger partial charge in [0.1, 0.15) is 0 Å². The van der Waals surface area contributed by atoms with E-state index in [1.165, 1.54) is 69.4 Å². The van der Waals surface area contributed by atoms with E-state index in [4.69, 9.17) is 41.1 Å². The number of esters is 2. The summed E-state index contributed by atoms with van der Waals surface area (Å²) in [7, 11) is 2.76. The molecule has 3 heterocycles. The Hall–Kier alpha value is -9.43. The van der Waals surface area contributed by atoms with Crippen molar-refractivity contribution in [3.63, 3.8) is 0 Å². The number of amides is 1. The number of ether oxygens (including phenoxy) is 3. The number of H-pyrrole nitrogens is 2. The summed E-state index contributed by atoms with van der Waals surface area (Å²) in [6, 6.07) is 57.5. The number of hydrogen-bond donors (Lipinski definition) is 10. The minimum atomic E-state index is -0.911. The van der Waals surface area contributed by atoms with Crippen LogP contribution in [0.25, 0.3) is 0 Å². The van der Waals surface area contributed by atoms with E-state index in [1.807, 2.05) is 159 Å². The number of halogens is 3. The number of aromatic amines is 2. The number of aromatic carboxylic acids is 1. The number of carbonyl (C=O) groups excluding carboxylic acids is 3. The van der Waals surface area contributed by atoms with E-state index < -0.39 is 11.9 Å². The van der Waals surface area contributed by atoms with Crippen molar-refractivity contribution in [1.29, 1.82) is 0 Å². The molecule has 664 valence electrons. The van der Waals surface area contributed by atoms with Gasteiger partial charge in [-0.25, -0.2) is 14.4 Å². The third kappa shape index (κ3) is 43.1. The maximum absolute atomic E-state index is 12.3. The van der Waals surface area contributed by atoms with Gasteiger partial charge < -0.3 is 65.9 Å². The molecule has 10 rings (SSSR count). The Morgan fingerprint density at radius 2 is 0.738 bits per heavy atom. The number of nitrogens with two attached hydrogens (primary N) is 1. The fraction of sp³-hybridized carbons (Fsp3) is 0.404. The normalized spacial score (nSPS) is 12.5. The van der Waals surface area contributed by atoms with Crippen molar-refractivity contribution in [2.45, 2.75) is 215 Å². The number of rotatable bonds is 28. The van der Waals surface area contributed by atoms with E-state index in [-0.39, 0.29) is 86.1 Å². The fourth-order valence-corrected chi connectivity index (χ4v) is 13.2. The lowest BCUT2D eigenvalue weighted by Gasteiger charge is -2.11. The summed E-state index contributed by atoms with van der Waals surface area (Å²) in [6.07, 6.45) is 14.2. The number of aryl methyl sites for hydroxylation is 4. The summed E-state index contributed by atoms with van der Waals surface area (Å²) in [5.74, 6) is 0.127. The number of carboxylic acid groups (broad SMARTS) is 2. The maximum Gasteiger partial charge on any atom is 0.337 e. The highest BCUT2D eigenvalue weighted by Gasteiger charge is 2.16. The van der Waals surface area contributed by atoms with E-state index in [1.54, 1.807) is 54.8 Å². The summed E-state index contributed by atoms with van der Waals surface area (Å²) in [5.41, 5.74) is 20.3. The van der Waals surface area contributed by atoms with Crippen LogP contribution in [0.5, 0.6) is 0 Å². The van der Waals surface area contributed by atoms with Crippen molar-refractivity contribution in [3.8, 4) is 0 Å². The second kappa shape index (κ2) is 61.8. The van der Waals surface area contributed by atoms with Crippen molar-refractivity contribution in [2.24, 2.45) is 5.73 Å². The number of allylic oxidation sites excluding steroid dienone is 1. The van der Waals surface area contributed by atoms with Crippen LogP contribution in [0.15, 0.2) is 217 Å². The zero-order chi connectivity index (χ0) is 91.2. The lowest BCUT2D eigenvalue weighted by atomic mass is 9.96. The maximum atomic E-state index is 12.3. The van der Waals surface area contributed by atoms with Crippen LogP contribution in [0.1, 0.15) is 288 Å². The molecule has 9 aromatic rings. The van der Waals surface area contributed by atoms with Crippen molar-refractivity contribution in [1.82, 2.24) is 15.3 Å². The Morgan fingerprint density at radius 1 is 0.443 bits per heavy atom. The van der Waals surface area contributed by atoms with Crippen molar-refractivity contribution < 1.29 is 68.8 Å². The van der Waals surface area contributed by atoms with Gasteiger partial charge in [0.2, 0.25) is 0 Å². The van der Waals surface area contributed by atoms with Gasteiger partial charge in [-0.1, -0.05) is 208 Å². The lowest BCUT2D eigenvalue weighted by Crippen LogP contribution is -2.27. The SMILES string of the molecule is C1=COCCC1.CC(CC(=O)O)c1ccc(Br)cc1.CC(CCO)c1ccc(Br)cc1.CC(CCO)c1ccc(C(=O)O)cc1.CCCC(C)c1ccc(Br)cc1.CCCC(C)c1ccc(C(=O)OC)cc1.COC(=O)c1ccc(C(C)CCO)cc1.Cc1cc(C)c(CN)c(=O)[nH]1.Cc1cc(C)c(CNC(=O)c2ccc(C(C)CCO)cc2)c(=O)[nH]1. The minimum Gasteiger partial charge on any atom is -0.502 e. The number of hydrogen-bond acceptors (Lipinski definition) is 15. The molecule has 0 aliphatic carbocycles. The summed E-state index contributed by atoms with van der Waals surface area (Å²) < 4.78 is 17.4. The second-order valence-corrected chi connectivity index (χ2v) is 32.9. The molecule has 2 aromatic heterocycles. The van der Waals surface area contributed by atoms with Gasteiger partial charge in [0.25, 0.3) is 17.0 Å². The molecule has 1 amide bonds. The molecule has 7 aromatic carbocycles. The molecule has 122 heavy (non-hydrogen) atoms. The fourth-order valence-electron chi connectivity index (χ4n) is 12.4. The molecular formula is C99H131Br3N4O16. The number of nitrogens with one attached hydrogen (secondary N) is 3. The number of aromatic nitrogens is 2. The van der Waals surface area contributed by atoms with Gasteiger partial charge in [-0.2, -0.15) is 0 Å². The molecule has 0 spiro atoms. The highest BCUT2D eigenvalue weighted by Crippen LogP contribution is 2.27. The number of pyridine rings is 2. The van der Waals surface area contributed by atoms with E-state index in [2.05, 4.69) is 144 Å². The van der Waals surface area contributed by atoms with Crippen LogP contribution in [0.2, 0.25) is 0 Å². The van der Waals surface area contributed by atoms with E-state index in [9.17, 15) is 33.6 Å². The first-order valence-corrected chi connectivity index (χ1v) is 43.9. The molecule has 7 unspecified atom stereocenters. The summed E-state index contributed by atoms with van der Waals surface area (Å²) >= 11 is 10.1. The third-order valence-electron chi connectivity index (χ3n) is 20.2. The van der Waals surface area contributed by atoms with Crippen LogP contribution < -0.4 is 22.2 Å². The smallest absolute Gasteiger partial charge is 0.337 e.